The van der Waals surface area contributed by atoms with Crippen LogP contribution in [0.15, 0.2) is 0 Å². The molecule has 106 valence electrons. The zero-order valence-electron chi connectivity index (χ0n) is 12.8. The highest BCUT2D eigenvalue weighted by Gasteiger charge is 2.43. The van der Waals surface area contributed by atoms with Gasteiger partial charge in [0.2, 0.25) is 0 Å². The second-order valence-corrected chi connectivity index (χ2v) is 7.44. The molecule has 2 rings (SSSR count). The summed E-state index contributed by atoms with van der Waals surface area (Å²) in [5.41, 5.74) is 6.86. The Morgan fingerprint density at radius 3 is 2.44 bits per heavy atom. The Balaban J connectivity index is 2.04. The van der Waals surface area contributed by atoms with Gasteiger partial charge in [0, 0.05) is 31.2 Å². The van der Waals surface area contributed by atoms with Crippen LogP contribution in [0.5, 0.6) is 0 Å². The summed E-state index contributed by atoms with van der Waals surface area (Å²) >= 11 is 0. The van der Waals surface area contributed by atoms with Crippen molar-refractivity contribution in [3.63, 3.8) is 0 Å². The van der Waals surface area contributed by atoms with Crippen LogP contribution >= 0.6 is 0 Å². The summed E-state index contributed by atoms with van der Waals surface area (Å²) < 4.78 is 0. The average Bonchev–Trinajstić information content (AvgIpc) is 2.64. The third-order valence-electron chi connectivity index (χ3n) is 5.37. The van der Waals surface area contributed by atoms with E-state index in [-0.39, 0.29) is 0 Å². The highest BCUT2D eigenvalue weighted by atomic mass is 15.3. The van der Waals surface area contributed by atoms with Crippen molar-refractivity contribution in [2.24, 2.45) is 17.1 Å². The molecule has 0 radical (unpaired) electrons. The van der Waals surface area contributed by atoms with Gasteiger partial charge < -0.3 is 10.6 Å². The molecule has 1 aliphatic carbocycles. The molecule has 3 heteroatoms. The standard InChI is InChI=1S/C15H31N3/c1-11-9-18(10-13(11)17(4)5)12-7-6-8-15(2,3)14(12)16/h11-14H,6-10,16H2,1-5H3. The first-order chi connectivity index (χ1) is 8.33. The van der Waals surface area contributed by atoms with E-state index in [1.165, 1.54) is 32.4 Å². The Hall–Kier alpha value is -0.120. The van der Waals surface area contributed by atoms with Crippen molar-refractivity contribution in [1.82, 2.24) is 9.80 Å². The Kier molecular flexibility index (Phi) is 4.05. The van der Waals surface area contributed by atoms with Gasteiger partial charge in [-0.1, -0.05) is 27.2 Å². The lowest BCUT2D eigenvalue weighted by Gasteiger charge is -2.45. The molecule has 2 N–H and O–H groups in total. The first kappa shape index (κ1) is 14.3. The molecule has 2 fully saturated rings. The third kappa shape index (κ3) is 2.59. The molecule has 0 aromatic heterocycles. The van der Waals surface area contributed by atoms with E-state index in [0.29, 0.717) is 23.5 Å². The van der Waals surface area contributed by atoms with Gasteiger partial charge in [-0.15, -0.1) is 0 Å². The van der Waals surface area contributed by atoms with Crippen molar-refractivity contribution in [2.45, 2.75) is 58.2 Å². The Labute approximate surface area is 113 Å². The maximum absolute atomic E-state index is 6.55. The van der Waals surface area contributed by atoms with E-state index in [1.54, 1.807) is 0 Å². The van der Waals surface area contributed by atoms with Crippen LogP contribution in [0.3, 0.4) is 0 Å². The lowest BCUT2D eigenvalue weighted by atomic mass is 9.71. The van der Waals surface area contributed by atoms with Crippen molar-refractivity contribution in [3.05, 3.63) is 0 Å². The van der Waals surface area contributed by atoms with Crippen molar-refractivity contribution in [2.75, 3.05) is 27.2 Å². The second kappa shape index (κ2) is 5.10. The summed E-state index contributed by atoms with van der Waals surface area (Å²) in [6.07, 6.45) is 3.91. The van der Waals surface area contributed by atoms with Crippen LogP contribution in [0.4, 0.5) is 0 Å². The van der Waals surface area contributed by atoms with Crippen molar-refractivity contribution < 1.29 is 0 Å². The predicted molar refractivity (Wildman–Crippen MR) is 77.6 cm³/mol. The van der Waals surface area contributed by atoms with E-state index in [4.69, 9.17) is 5.73 Å². The van der Waals surface area contributed by atoms with Crippen molar-refractivity contribution >= 4 is 0 Å². The first-order valence-corrected chi connectivity index (χ1v) is 7.49. The molecule has 18 heavy (non-hydrogen) atoms. The first-order valence-electron chi connectivity index (χ1n) is 7.49. The fourth-order valence-corrected chi connectivity index (χ4v) is 3.97. The molecule has 0 bridgehead atoms. The number of rotatable bonds is 2. The van der Waals surface area contributed by atoms with Gasteiger partial charge in [-0.05, 0) is 38.3 Å². The average molecular weight is 253 g/mol. The van der Waals surface area contributed by atoms with E-state index in [2.05, 4.69) is 44.7 Å². The predicted octanol–water partition coefficient (Wildman–Crippen LogP) is 1.77. The molecular formula is C15H31N3. The molecule has 2 aliphatic rings. The van der Waals surface area contributed by atoms with E-state index in [1.807, 2.05) is 0 Å². The van der Waals surface area contributed by atoms with Crippen LogP contribution < -0.4 is 5.73 Å². The highest BCUT2D eigenvalue weighted by Crippen LogP contribution is 2.38. The fourth-order valence-electron chi connectivity index (χ4n) is 3.97. The van der Waals surface area contributed by atoms with E-state index < -0.39 is 0 Å². The van der Waals surface area contributed by atoms with Crippen LogP contribution in [0.25, 0.3) is 0 Å². The number of likely N-dealkylation sites (tertiary alicyclic amines) is 1. The van der Waals surface area contributed by atoms with Crippen molar-refractivity contribution in [1.29, 1.82) is 0 Å². The Morgan fingerprint density at radius 2 is 1.89 bits per heavy atom. The normalized spacial score (nSPS) is 41.5. The topological polar surface area (TPSA) is 32.5 Å². The minimum absolute atomic E-state index is 0.308. The van der Waals surface area contributed by atoms with Crippen LogP contribution in [-0.4, -0.2) is 55.1 Å². The highest BCUT2D eigenvalue weighted by molar-refractivity contribution is 5.00. The molecule has 3 nitrogen and oxygen atoms in total. The van der Waals surface area contributed by atoms with E-state index >= 15 is 0 Å². The largest absolute Gasteiger partial charge is 0.326 e. The summed E-state index contributed by atoms with van der Waals surface area (Å²) in [7, 11) is 4.41. The van der Waals surface area contributed by atoms with Gasteiger partial charge in [0.15, 0.2) is 0 Å². The fraction of sp³-hybridized carbons (Fsp3) is 1.00. The molecule has 0 aromatic carbocycles. The van der Waals surface area contributed by atoms with Gasteiger partial charge in [0.25, 0.3) is 0 Å². The quantitative estimate of drug-likeness (QED) is 0.814. The van der Waals surface area contributed by atoms with Gasteiger partial charge >= 0.3 is 0 Å². The molecule has 0 amide bonds. The van der Waals surface area contributed by atoms with Gasteiger partial charge in [0.05, 0.1) is 0 Å². The van der Waals surface area contributed by atoms with E-state index in [9.17, 15) is 0 Å². The molecule has 1 heterocycles. The zero-order valence-corrected chi connectivity index (χ0v) is 12.8. The SMILES string of the molecule is CC1CN(C2CCCC(C)(C)C2N)CC1N(C)C. The number of nitrogens with two attached hydrogens (primary N) is 1. The summed E-state index contributed by atoms with van der Waals surface area (Å²) in [4.78, 5) is 5.05. The smallest absolute Gasteiger partial charge is 0.0254 e. The molecule has 1 saturated heterocycles. The molecule has 1 aliphatic heterocycles. The second-order valence-electron chi connectivity index (χ2n) is 7.44. The van der Waals surface area contributed by atoms with Gasteiger partial charge in [-0.3, -0.25) is 4.90 Å². The number of hydrogen-bond acceptors (Lipinski definition) is 3. The zero-order chi connectivity index (χ0) is 13.5. The van der Waals surface area contributed by atoms with Gasteiger partial charge in [-0.2, -0.15) is 0 Å². The lowest BCUT2D eigenvalue weighted by molar-refractivity contribution is 0.0787. The molecule has 1 saturated carbocycles. The minimum atomic E-state index is 0.308. The third-order valence-corrected chi connectivity index (χ3v) is 5.37. The van der Waals surface area contributed by atoms with Gasteiger partial charge in [-0.25, -0.2) is 0 Å². The number of nitrogens with zero attached hydrogens (tertiary/aromatic N) is 2. The van der Waals surface area contributed by atoms with Crippen LogP contribution in [0, 0.1) is 11.3 Å². The summed E-state index contributed by atoms with van der Waals surface area (Å²) in [5.74, 6) is 0.761. The molecule has 0 spiro atoms. The maximum Gasteiger partial charge on any atom is 0.0254 e. The van der Waals surface area contributed by atoms with Crippen molar-refractivity contribution in [3.8, 4) is 0 Å². The Bertz CT molecular complexity index is 287. The van der Waals surface area contributed by atoms with E-state index in [0.717, 1.165) is 5.92 Å². The number of hydrogen-bond donors (Lipinski definition) is 1. The maximum atomic E-state index is 6.55. The van der Waals surface area contributed by atoms with Crippen LogP contribution in [-0.2, 0) is 0 Å². The molecule has 0 aromatic rings. The van der Waals surface area contributed by atoms with Gasteiger partial charge in [0.1, 0.15) is 0 Å². The summed E-state index contributed by atoms with van der Waals surface area (Å²) in [6, 6.07) is 1.63. The Morgan fingerprint density at radius 1 is 1.22 bits per heavy atom. The van der Waals surface area contributed by atoms with Crippen LogP contribution in [0.1, 0.15) is 40.0 Å². The molecule has 4 unspecified atom stereocenters. The molecular weight excluding hydrogens is 222 g/mol. The lowest BCUT2D eigenvalue weighted by Crippen LogP contribution is -2.56. The monoisotopic (exact) mass is 253 g/mol. The summed E-state index contributed by atoms with van der Waals surface area (Å²) in [6.45, 7) is 9.48. The van der Waals surface area contributed by atoms with Crippen LogP contribution in [0.2, 0.25) is 0 Å². The molecule has 4 atom stereocenters. The summed E-state index contributed by atoms with van der Waals surface area (Å²) in [5, 5.41) is 0. The minimum Gasteiger partial charge on any atom is -0.326 e. The number of likely N-dealkylation sites (N-methyl/N-ethyl adjacent to an activating group) is 1.